The van der Waals surface area contributed by atoms with Gasteiger partial charge in [0.2, 0.25) is 5.91 Å². The maximum atomic E-state index is 13.1. The van der Waals surface area contributed by atoms with E-state index in [4.69, 9.17) is 16.2 Å². The zero-order chi connectivity index (χ0) is 13.9. The molecule has 1 rings (SSSR count). The summed E-state index contributed by atoms with van der Waals surface area (Å²) in [6.45, 7) is 1.57. The number of carbonyl (C=O) groups excluding carboxylic acids is 1. The number of hydrogen-bond acceptors (Lipinski definition) is 4. The Kier molecular flexibility index (Phi) is 4.94. The molecule has 5 nitrogen and oxygen atoms in total. The van der Waals surface area contributed by atoms with Gasteiger partial charge in [-0.05, 0) is 6.42 Å². The number of primary amides is 1. The van der Waals surface area contributed by atoms with Gasteiger partial charge in [-0.15, -0.1) is 0 Å². The van der Waals surface area contributed by atoms with Gasteiger partial charge in [-0.25, -0.2) is 0 Å². The van der Waals surface area contributed by atoms with E-state index in [9.17, 15) is 18.0 Å². The van der Waals surface area contributed by atoms with Crippen LogP contribution in [0.2, 0.25) is 0 Å². The Balaban J connectivity index is 2.98. The van der Waals surface area contributed by atoms with E-state index in [1.54, 1.807) is 6.92 Å². The zero-order valence-corrected chi connectivity index (χ0v) is 10.1. The van der Waals surface area contributed by atoms with Crippen LogP contribution >= 0.6 is 0 Å². The Labute approximate surface area is 103 Å². The fourth-order valence-corrected chi connectivity index (χ4v) is 2.09. The van der Waals surface area contributed by atoms with Crippen molar-refractivity contribution in [3.63, 3.8) is 0 Å². The van der Waals surface area contributed by atoms with Crippen molar-refractivity contribution >= 4 is 5.91 Å². The van der Waals surface area contributed by atoms with Crippen LogP contribution in [0, 0.1) is 0 Å². The van der Waals surface area contributed by atoms with Crippen molar-refractivity contribution in [1.29, 1.82) is 0 Å². The van der Waals surface area contributed by atoms with Gasteiger partial charge >= 0.3 is 6.18 Å². The molecule has 0 spiro atoms. The lowest BCUT2D eigenvalue weighted by Gasteiger charge is -2.42. The zero-order valence-electron chi connectivity index (χ0n) is 10.1. The van der Waals surface area contributed by atoms with E-state index in [0.29, 0.717) is 0 Å². The van der Waals surface area contributed by atoms with Crippen LogP contribution in [0.15, 0.2) is 0 Å². The Hall–Kier alpha value is -0.860. The van der Waals surface area contributed by atoms with E-state index >= 15 is 0 Å². The summed E-state index contributed by atoms with van der Waals surface area (Å²) in [5.41, 5.74) is 10.7. The van der Waals surface area contributed by atoms with Crippen molar-refractivity contribution in [3.8, 4) is 0 Å². The maximum absolute atomic E-state index is 13.1. The molecule has 1 fully saturated rings. The minimum atomic E-state index is -4.50. The topological polar surface area (TPSA) is 81.6 Å². The first-order chi connectivity index (χ1) is 8.29. The highest BCUT2D eigenvalue weighted by molar-refractivity contribution is 5.80. The molecule has 3 atom stereocenters. The van der Waals surface area contributed by atoms with Crippen LogP contribution in [0.25, 0.3) is 0 Å². The lowest BCUT2D eigenvalue weighted by molar-refractivity contribution is -0.206. The first-order valence-electron chi connectivity index (χ1n) is 5.74. The minimum Gasteiger partial charge on any atom is -0.378 e. The van der Waals surface area contributed by atoms with E-state index < -0.39 is 30.2 Å². The molecule has 4 N–H and O–H groups in total. The molecule has 8 heteroatoms. The number of amides is 1. The second-order valence-electron chi connectivity index (χ2n) is 4.29. The molecule has 0 aliphatic carbocycles. The SMILES string of the molecule is CCC(N)C(N1CCOCC1C(N)=O)C(F)(F)F. The quantitative estimate of drug-likeness (QED) is 0.743. The van der Waals surface area contributed by atoms with E-state index in [-0.39, 0.29) is 26.2 Å². The first-order valence-corrected chi connectivity index (χ1v) is 5.74. The van der Waals surface area contributed by atoms with Crippen LogP contribution in [-0.2, 0) is 9.53 Å². The van der Waals surface area contributed by atoms with Gasteiger partial charge in [-0.1, -0.05) is 6.92 Å². The number of ether oxygens (including phenoxy) is 1. The van der Waals surface area contributed by atoms with Gasteiger partial charge in [0.1, 0.15) is 12.1 Å². The lowest BCUT2D eigenvalue weighted by atomic mass is 10.0. The van der Waals surface area contributed by atoms with Gasteiger partial charge in [0.15, 0.2) is 0 Å². The lowest BCUT2D eigenvalue weighted by Crippen LogP contribution is -2.64. The number of nitrogens with zero attached hydrogens (tertiary/aromatic N) is 1. The third-order valence-corrected chi connectivity index (χ3v) is 3.07. The fourth-order valence-electron chi connectivity index (χ4n) is 2.09. The smallest absolute Gasteiger partial charge is 0.378 e. The second-order valence-corrected chi connectivity index (χ2v) is 4.29. The van der Waals surface area contributed by atoms with Crippen LogP contribution < -0.4 is 11.5 Å². The Bertz CT molecular complexity index is 299. The van der Waals surface area contributed by atoms with Crippen LogP contribution in [0.3, 0.4) is 0 Å². The number of carbonyl (C=O) groups is 1. The first kappa shape index (κ1) is 15.2. The van der Waals surface area contributed by atoms with E-state index in [1.165, 1.54) is 0 Å². The van der Waals surface area contributed by atoms with Crippen molar-refractivity contribution < 1.29 is 22.7 Å². The van der Waals surface area contributed by atoms with E-state index in [2.05, 4.69) is 0 Å². The highest BCUT2D eigenvalue weighted by atomic mass is 19.4. The van der Waals surface area contributed by atoms with Crippen LogP contribution in [-0.4, -0.2) is 54.9 Å². The van der Waals surface area contributed by atoms with Crippen LogP contribution in [0.5, 0.6) is 0 Å². The van der Waals surface area contributed by atoms with Crippen molar-refractivity contribution in [3.05, 3.63) is 0 Å². The normalized spacial score (nSPS) is 25.7. The third-order valence-electron chi connectivity index (χ3n) is 3.07. The molecule has 1 amide bonds. The number of halogens is 3. The molecule has 18 heavy (non-hydrogen) atoms. The molecule has 106 valence electrons. The molecule has 0 bridgehead atoms. The molecule has 1 aliphatic rings. The minimum absolute atomic E-state index is 0.00845. The average Bonchev–Trinajstić information content (AvgIpc) is 2.27. The maximum Gasteiger partial charge on any atom is 0.405 e. The summed E-state index contributed by atoms with van der Waals surface area (Å²) in [6, 6.07) is -4.04. The molecule has 0 radical (unpaired) electrons. The summed E-state index contributed by atoms with van der Waals surface area (Å²) < 4.78 is 44.2. The van der Waals surface area contributed by atoms with Gasteiger partial charge in [0, 0.05) is 12.6 Å². The largest absolute Gasteiger partial charge is 0.405 e. The van der Waals surface area contributed by atoms with Gasteiger partial charge in [0.25, 0.3) is 0 Å². The van der Waals surface area contributed by atoms with Crippen molar-refractivity contribution in [2.75, 3.05) is 19.8 Å². The van der Waals surface area contributed by atoms with Crippen molar-refractivity contribution in [1.82, 2.24) is 4.90 Å². The molecule has 1 aliphatic heterocycles. The van der Waals surface area contributed by atoms with Gasteiger partial charge in [-0.2, -0.15) is 13.2 Å². The molecule has 0 aromatic heterocycles. The summed E-state index contributed by atoms with van der Waals surface area (Å²) in [7, 11) is 0. The number of alkyl halides is 3. The number of nitrogens with two attached hydrogens (primary N) is 2. The molecular weight excluding hydrogens is 251 g/mol. The van der Waals surface area contributed by atoms with Gasteiger partial charge < -0.3 is 16.2 Å². The fraction of sp³-hybridized carbons (Fsp3) is 0.900. The van der Waals surface area contributed by atoms with Crippen LogP contribution in [0.4, 0.5) is 13.2 Å². The monoisotopic (exact) mass is 269 g/mol. The Morgan fingerprint density at radius 2 is 2.17 bits per heavy atom. The summed E-state index contributed by atoms with van der Waals surface area (Å²) in [5.74, 6) is -0.827. The molecule has 3 unspecified atom stereocenters. The Morgan fingerprint density at radius 1 is 1.56 bits per heavy atom. The summed E-state index contributed by atoms with van der Waals surface area (Å²) >= 11 is 0. The molecular formula is C10H18F3N3O2. The predicted octanol–water partition coefficient (Wildman–Crippen LogP) is -0.159. The average molecular weight is 269 g/mol. The summed E-state index contributed by atoms with van der Waals surface area (Å²) in [5, 5.41) is 0. The molecule has 1 heterocycles. The van der Waals surface area contributed by atoms with E-state index in [0.717, 1.165) is 4.90 Å². The number of morpholine rings is 1. The van der Waals surface area contributed by atoms with Crippen molar-refractivity contribution in [2.45, 2.75) is 37.6 Å². The van der Waals surface area contributed by atoms with E-state index in [1.807, 2.05) is 0 Å². The highest BCUT2D eigenvalue weighted by Gasteiger charge is 2.50. The number of rotatable bonds is 4. The summed E-state index contributed by atoms with van der Waals surface area (Å²) in [6.07, 6.45) is -4.34. The number of hydrogen-bond donors (Lipinski definition) is 2. The van der Waals surface area contributed by atoms with Crippen LogP contribution in [0.1, 0.15) is 13.3 Å². The predicted molar refractivity (Wildman–Crippen MR) is 58.6 cm³/mol. The Morgan fingerprint density at radius 3 is 2.61 bits per heavy atom. The van der Waals surface area contributed by atoms with Gasteiger partial charge in [-0.3, -0.25) is 9.69 Å². The van der Waals surface area contributed by atoms with Crippen molar-refractivity contribution in [2.24, 2.45) is 11.5 Å². The molecule has 1 saturated heterocycles. The molecule has 0 saturated carbocycles. The standard InChI is InChI=1S/C10H18F3N3O2/c1-2-6(14)8(10(11,12)13)16-3-4-18-5-7(16)9(15)17/h6-8H,2-5,14H2,1H3,(H2,15,17). The second kappa shape index (κ2) is 5.85. The molecule has 0 aromatic carbocycles. The summed E-state index contributed by atoms with van der Waals surface area (Å²) in [4.78, 5) is 12.2. The third kappa shape index (κ3) is 3.33. The van der Waals surface area contributed by atoms with Gasteiger partial charge in [0.05, 0.1) is 13.2 Å². The highest BCUT2D eigenvalue weighted by Crippen LogP contribution is 2.30. The molecule has 0 aromatic rings.